The summed E-state index contributed by atoms with van der Waals surface area (Å²) >= 11 is 0. The summed E-state index contributed by atoms with van der Waals surface area (Å²) in [6.45, 7) is 0.706. The molecule has 0 saturated carbocycles. The molecular weight excluding hydrogens is 244 g/mol. The van der Waals surface area contributed by atoms with Crippen LogP contribution >= 0.6 is 0 Å². The van der Waals surface area contributed by atoms with Gasteiger partial charge < -0.3 is 10.0 Å². The third kappa shape index (κ3) is 3.53. The molecule has 0 aromatic carbocycles. The fraction of sp³-hybridized carbons (Fsp3) is 0.500. The number of nitrogens with zero attached hydrogens (tertiary/aromatic N) is 2. The highest BCUT2D eigenvalue weighted by molar-refractivity contribution is 5.81. The Morgan fingerprint density at radius 1 is 1.37 bits per heavy atom. The molecule has 0 spiro atoms. The van der Waals surface area contributed by atoms with Gasteiger partial charge in [0.05, 0.1) is 12.5 Å². The zero-order chi connectivity index (χ0) is 13.7. The topological polar surface area (TPSA) is 70.5 Å². The van der Waals surface area contributed by atoms with E-state index in [-0.39, 0.29) is 24.8 Å². The molecule has 1 aliphatic rings. The maximum absolute atomic E-state index is 12.1. The number of carboxylic acids is 1. The molecule has 2 heterocycles. The largest absolute Gasteiger partial charge is 0.481 e. The smallest absolute Gasteiger partial charge is 0.303 e. The first-order chi connectivity index (χ1) is 9.18. The lowest BCUT2D eigenvalue weighted by atomic mass is 9.96. The van der Waals surface area contributed by atoms with E-state index < -0.39 is 5.97 Å². The molecule has 0 unspecified atom stereocenters. The molecule has 19 heavy (non-hydrogen) atoms. The van der Waals surface area contributed by atoms with E-state index >= 15 is 0 Å². The van der Waals surface area contributed by atoms with Crippen LogP contribution in [-0.2, 0) is 9.59 Å². The molecule has 1 N–H and O–H groups in total. The number of likely N-dealkylation sites (tertiary alicyclic amines) is 1. The molecule has 1 saturated heterocycles. The molecule has 5 heteroatoms. The van der Waals surface area contributed by atoms with Gasteiger partial charge in [-0.05, 0) is 30.9 Å². The average molecular weight is 262 g/mol. The predicted octanol–water partition coefficient (Wildman–Crippen LogP) is 2.00. The lowest BCUT2D eigenvalue weighted by Gasteiger charge is -2.36. The number of carboxylic acid groups (broad SMARTS) is 1. The van der Waals surface area contributed by atoms with Crippen molar-refractivity contribution >= 4 is 11.9 Å². The van der Waals surface area contributed by atoms with E-state index in [0.717, 1.165) is 24.8 Å². The molecule has 1 aromatic heterocycles. The number of rotatable bonds is 4. The van der Waals surface area contributed by atoms with Crippen LogP contribution in [0.3, 0.4) is 0 Å². The first-order valence-corrected chi connectivity index (χ1v) is 6.59. The highest BCUT2D eigenvalue weighted by Gasteiger charge is 2.27. The van der Waals surface area contributed by atoms with Crippen molar-refractivity contribution in [2.75, 3.05) is 6.54 Å². The summed E-state index contributed by atoms with van der Waals surface area (Å²) in [6.07, 6.45) is 6.46. The summed E-state index contributed by atoms with van der Waals surface area (Å²) in [4.78, 5) is 28.6. The van der Waals surface area contributed by atoms with Crippen molar-refractivity contribution in [3.63, 3.8) is 0 Å². The molecule has 0 aliphatic carbocycles. The minimum absolute atomic E-state index is 0.0451. The van der Waals surface area contributed by atoms with Gasteiger partial charge >= 0.3 is 5.97 Å². The zero-order valence-electron chi connectivity index (χ0n) is 10.8. The zero-order valence-corrected chi connectivity index (χ0v) is 10.8. The van der Waals surface area contributed by atoms with Crippen LogP contribution in [0.2, 0.25) is 0 Å². The summed E-state index contributed by atoms with van der Waals surface area (Å²) in [5, 5.41) is 8.66. The summed E-state index contributed by atoms with van der Waals surface area (Å²) in [5.41, 5.74) is 1.03. The molecule has 0 bridgehead atoms. The van der Waals surface area contributed by atoms with E-state index in [1.807, 2.05) is 17.0 Å². The van der Waals surface area contributed by atoms with Crippen LogP contribution in [0.25, 0.3) is 0 Å². The molecule has 1 aliphatic heterocycles. The Hall–Kier alpha value is -1.91. The van der Waals surface area contributed by atoms with Gasteiger partial charge in [0, 0.05) is 25.4 Å². The van der Waals surface area contributed by atoms with Gasteiger partial charge in [0.25, 0.3) is 0 Å². The van der Waals surface area contributed by atoms with Crippen molar-refractivity contribution in [3.05, 3.63) is 30.1 Å². The lowest BCUT2D eigenvalue weighted by Crippen LogP contribution is -2.38. The van der Waals surface area contributed by atoms with E-state index in [4.69, 9.17) is 5.11 Å². The minimum atomic E-state index is -0.928. The van der Waals surface area contributed by atoms with Crippen molar-refractivity contribution in [2.24, 2.45) is 0 Å². The lowest BCUT2D eigenvalue weighted by molar-refractivity contribution is -0.142. The molecule has 0 radical (unpaired) electrons. The first-order valence-electron chi connectivity index (χ1n) is 6.59. The van der Waals surface area contributed by atoms with Crippen molar-refractivity contribution < 1.29 is 14.7 Å². The standard InChI is InChI=1S/C14H18N2O3/c17-13(6-7-14(18)19)16-9-2-1-5-12(16)11-4-3-8-15-10-11/h3-4,8,10,12H,1-2,5-7,9H2,(H,18,19)/t12-/m1/s1. The number of aromatic nitrogens is 1. The van der Waals surface area contributed by atoms with E-state index in [1.54, 1.807) is 12.4 Å². The molecule has 1 amide bonds. The van der Waals surface area contributed by atoms with E-state index in [9.17, 15) is 9.59 Å². The van der Waals surface area contributed by atoms with Crippen LogP contribution in [0.1, 0.15) is 43.7 Å². The molecule has 2 rings (SSSR count). The van der Waals surface area contributed by atoms with Gasteiger partial charge in [0.15, 0.2) is 0 Å². The number of carbonyl (C=O) groups is 2. The summed E-state index contributed by atoms with van der Waals surface area (Å²) in [6, 6.07) is 3.88. The second-order valence-corrected chi connectivity index (χ2v) is 4.78. The van der Waals surface area contributed by atoms with Crippen LogP contribution in [0, 0.1) is 0 Å². The van der Waals surface area contributed by atoms with Crippen molar-refractivity contribution in [2.45, 2.75) is 38.1 Å². The Morgan fingerprint density at radius 2 is 2.21 bits per heavy atom. The van der Waals surface area contributed by atoms with Gasteiger partial charge in [-0.3, -0.25) is 14.6 Å². The van der Waals surface area contributed by atoms with Crippen LogP contribution in [-0.4, -0.2) is 33.4 Å². The predicted molar refractivity (Wildman–Crippen MR) is 69.4 cm³/mol. The quantitative estimate of drug-likeness (QED) is 0.901. The highest BCUT2D eigenvalue weighted by Crippen LogP contribution is 2.30. The molecule has 102 valence electrons. The fourth-order valence-electron chi connectivity index (χ4n) is 2.51. The summed E-state index contributed by atoms with van der Waals surface area (Å²) in [7, 11) is 0. The SMILES string of the molecule is O=C(O)CCC(=O)N1CCCC[C@@H]1c1cccnc1. The summed E-state index contributed by atoms with van der Waals surface area (Å²) < 4.78 is 0. The Bertz CT molecular complexity index is 447. The molecular formula is C14H18N2O3. The number of amides is 1. The molecule has 5 nitrogen and oxygen atoms in total. The number of hydrogen-bond donors (Lipinski definition) is 1. The molecule has 1 aromatic rings. The monoisotopic (exact) mass is 262 g/mol. The normalized spacial score (nSPS) is 19.2. The van der Waals surface area contributed by atoms with Crippen LogP contribution in [0.15, 0.2) is 24.5 Å². The molecule has 1 atom stereocenters. The van der Waals surface area contributed by atoms with Gasteiger partial charge in [-0.25, -0.2) is 0 Å². The Kier molecular flexibility index (Phi) is 4.49. The average Bonchev–Trinajstić information content (AvgIpc) is 2.45. The van der Waals surface area contributed by atoms with Gasteiger partial charge in [0.2, 0.25) is 5.91 Å². The Balaban J connectivity index is 2.08. The van der Waals surface area contributed by atoms with Crippen LogP contribution < -0.4 is 0 Å². The second kappa shape index (κ2) is 6.31. The van der Waals surface area contributed by atoms with Gasteiger partial charge in [0.1, 0.15) is 0 Å². The van der Waals surface area contributed by atoms with Crippen molar-refractivity contribution in [1.29, 1.82) is 0 Å². The third-order valence-electron chi connectivity index (χ3n) is 3.45. The van der Waals surface area contributed by atoms with Crippen molar-refractivity contribution in [3.8, 4) is 0 Å². The van der Waals surface area contributed by atoms with Gasteiger partial charge in [-0.1, -0.05) is 6.07 Å². The second-order valence-electron chi connectivity index (χ2n) is 4.78. The number of pyridine rings is 1. The van der Waals surface area contributed by atoms with E-state index in [2.05, 4.69) is 4.98 Å². The number of hydrogen-bond acceptors (Lipinski definition) is 3. The van der Waals surface area contributed by atoms with E-state index in [1.165, 1.54) is 0 Å². The highest BCUT2D eigenvalue weighted by atomic mass is 16.4. The van der Waals surface area contributed by atoms with Gasteiger partial charge in [-0.15, -0.1) is 0 Å². The van der Waals surface area contributed by atoms with Crippen LogP contribution in [0.4, 0.5) is 0 Å². The number of carbonyl (C=O) groups excluding carboxylic acids is 1. The number of piperidine rings is 1. The summed E-state index contributed by atoms with van der Waals surface area (Å²) in [5.74, 6) is -1.00. The van der Waals surface area contributed by atoms with Gasteiger partial charge in [-0.2, -0.15) is 0 Å². The fourth-order valence-corrected chi connectivity index (χ4v) is 2.51. The maximum Gasteiger partial charge on any atom is 0.303 e. The Labute approximate surface area is 112 Å². The Morgan fingerprint density at radius 3 is 2.89 bits per heavy atom. The van der Waals surface area contributed by atoms with E-state index in [0.29, 0.717) is 6.54 Å². The first kappa shape index (κ1) is 13.5. The van der Waals surface area contributed by atoms with Crippen molar-refractivity contribution in [1.82, 2.24) is 9.88 Å². The minimum Gasteiger partial charge on any atom is -0.481 e. The molecule has 1 fully saturated rings. The number of aliphatic carboxylic acids is 1. The third-order valence-corrected chi connectivity index (χ3v) is 3.45. The maximum atomic E-state index is 12.1. The van der Waals surface area contributed by atoms with Crippen LogP contribution in [0.5, 0.6) is 0 Å².